The molecule has 20 heavy (non-hydrogen) atoms. The van der Waals surface area contributed by atoms with Crippen LogP contribution in [0.25, 0.3) is 0 Å². The Balaban J connectivity index is 3.58. The Hall–Kier alpha value is -0.770. The van der Waals surface area contributed by atoms with Gasteiger partial charge in [-0.1, -0.05) is 0 Å². The zero-order valence-electron chi connectivity index (χ0n) is 12.7. The average molecular weight is 308 g/mol. The number of hydrogen-bond donors (Lipinski definition) is 2. The molecule has 0 aliphatic carbocycles. The average Bonchev–Trinajstić information content (AvgIpc) is 2.10. The first kappa shape index (κ1) is 17.3. The fourth-order valence-electron chi connectivity index (χ4n) is 1.97. The molecular formula is C14H23F2O3P. The monoisotopic (exact) mass is 308 g/mol. The molecule has 0 unspecified atom stereocenters. The van der Waals surface area contributed by atoms with Crippen LogP contribution in [0.15, 0.2) is 18.2 Å². The van der Waals surface area contributed by atoms with Crippen molar-refractivity contribution in [3.8, 4) is 5.75 Å². The molecular weight excluding hydrogens is 285 g/mol. The van der Waals surface area contributed by atoms with Gasteiger partial charge in [0, 0.05) is 0 Å². The number of hydrogen-bond acceptors (Lipinski definition) is 3. The molecule has 0 heterocycles. The maximum atomic E-state index is 13.3. The van der Waals surface area contributed by atoms with Crippen molar-refractivity contribution in [1.82, 2.24) is 0 Å². The third-order valence-electron chi connectivity index (χ3n) is 2.87. The second kappa shape index (κ2) is 4.62. The van der Waals surface area contributed by atoms with E-state index in [1.807, 2.05) is 41.5 Å². The van der Waals surface area contributed by atoms with Gasteiger partial charge in [0.1, 0.15) is 0 Å². The molecule has 116 valence electrons. The van der Waals surface area contributed by atoms with Gasteiger partial charge in [0.15, 0.2) is 0 Å². The van der Waals surface area contributed by atoms with E-state index in [4.69, 9.17) is 9.79 Å². The van der Waals surface area contributed by atoms with Gasteiger partial charge < -0.3 is 0 Å². The first-order chi connectivity index (χ1) is 8.57. The molecule has 0 bridgehead atoms. The zero-order chi connectivity index (χ0) is 16.0. The molecule has 0 spiro atoms. The van der Waals surface area contributed by atoms with E-state index in [0.717, 1.165) is 0 Å². The van der Waals surface area contributed by atoms with Gasteiger partial charge in [0.25, 0.3) is 0 Å². The molecule has 1 aromatic carbocycles. The maximum absolute atomic E-state index is 13.3. The normalized spacial score (nSPS) is 15.6. The molecule has 0 aliphatic heterocycles. The summed E-state index contributed by atoms with van der Waals surface area (Å²) in [6.45, 7) is 11.1. The molecule has 0 saturated heterocycles. The molecule has 0 aliphatic rings. The molecule has 1 rings (SSSR count). The van der Waals surface area contributed by atoms with Gasteiger partial charge in [-0.25, -0.2) is 0 Å². The van der Waals surface area contributed by atoms with E-state index < -0.39 is 18.7 Å². The van der Waals surface area contributed by atoms with Crippen molar-refractivity contribution in [3.05, 3.63) is 29.3 Å². The van der Waals surface area contributed by atoms with Crippen LogP contribution < -0.4 is 4.52 Å². The number of rotatable bonds is 2. The molecule has 0 fully saturated rings. The Morgan fingerprint density at radius 3 is 1.50 bits per heavy atom. The first-order valence-electron chi connectivity index (χ1n) is 6.37. The topological polar surface area (TPSA) is 49.7 Å². The Morgan fingerprint density at radius 2 is 1.25 bits per heavy atom. The fourth-order valence-corrected chi connectivity index (χ4v) is 2.47. The van der Waals surface area contributed by atoms with Crippen molar-refractivity contribution in [3.63, 3.8) is 0 Å². The number of para-hydroxylation sites is 1. The predicted molar refractivity (Wildman–Crippen MR) is 78.0 cm³/mol. The molecule has 2 N–H and O–H groups in total. The molecule has 0 saturated carbocycles. The predicted octanol–water partition coefficient (Wildman–Crippen LogP) is 4.71. The van der Waals surface area contributed by atoms with E-state index in [1.165, 1.54) is 0 Å². The Bertz CT molecular complexity index is 466. The van der Waals surface area contributed by atoms with Crippen LogP contribution in [0.5, 0.6) is 5.75 Å². The van der Waals surface area contributed by atoms with Gasteiger partial charge >= 0.3 is 118 Å². The van der Waals surface area contributed by atoms with Gasteiger partial charge in [-0.15, -0.1) is 0 Å². The molecule has 1 aromatic rings. The summed E-state index contributed by atoms with van der Waals surface area (Å²) in [5, 5.41) is 0. The molecule has 0 aromatic heterocycles. The van der Waals surface area contributed by atoms with E-state index >= 15 is 0 Å². The van der Waals surface area contributed by atoms with Crippen LogP contribution in [-0.4, -0.2) is 9.79 Å². The van der Waals surface area contributed by atoms with Crippen molar-refractivity contribution in [2.45, 2.75) is 52.4 Å². The van der Waals surface area contributed by atoms with Gasteiger partial charge in [0.05, 0.1) is 0 Å². The van der Waals surface area contributed by atoms with E-state index in [1.54, 1.807) is 18.2 Å². The van der Waals surface area contributed by atoms with Crippen LogP contribution in [0, 0.1) is 0 Å². The molecule has 0 atom stereocenters. The van der Waals surface area contributed by atoms with Crippen LogP contribution in [-0.2, 0) is 10.8 Å². The second-order valence-corrected chi connectivity index (χ2v) is 8.73. The van der Waals surface area contributed by atoms with Crippen LogP contribution in [0.3, 0.4) is 0 Å². The zero-order valence-corrected chi connectivity index (χ0v) is 13.6. The number of benzene rings is 1. The van der Waals surface area contributed by atoms with Crippen molar-refractivity contribution in [1.29, 1.82) is 0 Å². The molecule has 0 radical (unpaired) electrons. The Morgan fingerprint density at radius 1 is 0.900 bits per heavy atom. The summed E-state index contributed by atoms with van der Waals surface area (Å²) in [5.74, 6) is -0.139. The molecule has 6 heteroatoms. The third-order valence-corrected chi connectivity index (χ3v) is 3.36. The van der Waals surface area contributed by atoms with Crippen LogP contribution in [0.4, 0.5) is 8.39 Å². The summed E-state index contributed by atoms with van der Waals surface area (Å²) < 4.78 is 30.9. The van der Waals surface area contributed by atoms with E-state index in [2.05, 4.69) is 4.52 Å². The second-order valence-electron chi connectivity index (χ2n) is 7.03. The van der Waals surface area contributed by atoms with Crippen molar-refractivity contribution in [2.75, 3.05) is 0 Å². The quantitative estimate of drug-likeness (QED) is 0.778. The van der Waals surface area contributed by atoms with Crippen LogP contribution >= 0.6 is 7.91 Å². The summed E-state index contributed by atoms with van der Waals surface area (Å²) in [6.07, 6.45) is 0. The van der Waals surface area contributed by atoms with Crippen molar-refractivity contribution >= 4 is 7.91 Å². The van der Waals surface area contributed by atoms with Crippen LogP contribution in [0.2, 0.25) is 0 Å². The fraction of sp³-hybridized carbons (Fsp3) is 0.571. The van der Waals surface area contributed by atoms with Crippen molar-refractivity contribution < 1.29 is 22.7 Å². The van der Waals surface area contributed by atoms with Crippen molar-refractivity contribution in [2.24, 2.45) is 0 Å². The van der Waals surface area contributed by atoms with Gasteiger partial charge in [-0.05, 0) is 0 Å². The summed E-state index contributed by atoms with van der Waals surface area (Å²) in [6, 6.07) is 5.08. The summed E-state index contributed by atoms with van der Waals surface area (Å²) in [7, 11) is -7.09. The summed E-state index contributed by atoms with van der Waals surface area (Å²) >= 11 is 0. The van der Waals surface area contributed by atoms with Crippen LogP contribution in [0.1, 0.15) is 52.7 Å². The summed E-state index contributed by atoms with van der Waals surface area (Å²) in [5.41, 5.74) is 0.0888. The van der Waals surface area contributed by atoms with Gasteiger partial charge in [-0.3, -0.25) is 0 Å². The SMILES string of the molecule is CC(C)(C)c1cccc(C(C)(C)C)c1OP(O)(O)(F)F. The van der Waals surface area contributed by atoms with Gasteiger partial charge in [0.2, 0.25) is 0 Å². The Kier molecular flexibility index (Phi) is 3.99. The third kappa shape index (κ3) is 4.65. The summed E-state index contributed by atoms with van der Waals surface area (Å²) in [4.78, 5) is 17.7. The van der Waals surface area contributed by atoms with E-state index in [0.29, 0.717) is 11.1 Å². The van der Waals surface area contributed by atoms with E-state index in [-0.39, 0.29) is 5.75 Å². The standard InChI is InChI=1S/C14H23F2O3P/c1-13(2,3)10-8-7-9-11(14(4,5)6)12(10)19-20(15,16,17)18/h7-9,17-18H,1-6H3. The first-order valence-corrected chi connectivity index (χ1v) is 8.21. The van der Waals surface area contributed by atoms with Gasteiger partial charge in [-0.2, -0.15) is 0 Å². The minimum atomic E-state index is -7.09. The number of halogens is 2. The molecule has 0 amide bonds. The minimum absolute atomic E-state index is 0.139. The van der Waals surface area contributed by atoms with E-state index in [9.17, 15) is 8.39 Å². The Labute approximate surface area is 119 Å². The molecule has 3 nitrogen and oxygen atoms in total.